The Hall–Kier alpha value is -1.84. The Kier molecular flexibility index (Phi) is 4.77. The molecule has 0 saturated carbocycles. The monoisotopic (exact) mass is 274 g/mol. The number of rotatable bonds is 3. The quantitative estimate of drug-likeness (QED) is 0.890. The Morgan fingerprint density at radius 3 is 2.60 bits per heavy atom. The number of amides is 2. The zero-order valence-electron chi connectivity index (χ0n) is 12.1. The normalized spacial score (nSPS) is 19.4. The van der Waals surface area contributed by atoms with Gasteiger partial charge in [0.2, 0.25) is 11.8 Å². The van der Waals surface area contributed by atoms with Gasteiger partial charge in [-0.1, -0.05) is 32.4 Å². The summed E-state index contributed by atoms with van der Waals surface area (Å²) in [5.74, 6) is 0.316. The fourth-order valence-electron chi connectivity index (χ4n) is 2.35. The van der Waals surface area contributed by atoms with Crippen LogP contribution >= 0.6 is 0 Å². The van der Waals surface area contributed by atoms with E-state index >= 15 is 0 Å². The van der Waals surface area contributed by atoms with Crippen LogP contribution in [0.2, 0.25) is 0 Å². The summed E-state index contributed by atoms with van der Waals surface area (Å²) < 4.78 is 0. The van der Waals surface area contributed by atoms with Gasteiger partial charge < -0.3 is 10.6 Å². The van der Waals surface area contributed by atoms with Crippen LogP contribution in [0.4, 0.5) is 5.69 Å². The Morgan fingerprint density at radius 1 is 1.25 bits per heavy atom. The minimum Gasteiger partial charge on any atom is -0.344 e. The standard InChI is InChI=1S/C16H22N2O2/c1-11(2)12-7-9-13(10-8-12)17-16(20)14-5-3-4-6-15(19)18-14/h7-11,14H,3-6H2,1-2H3,(H,17,20)(H,18,19). The molecule has 1 aliphatic heterocycles. The lowest BCUT2D eigenvalue weighted by Crippen LogP contribution is -2.42. The summed E-state index contributed by atoms with van der Waals surface area (Å²) in [4.78, 5) is 23.6. The maximum Gasteiger partial charge on any atom is 0.246 e. The highest BCUT2D eigenvalue weighted by Gasteiger charge is 2.22. The van der Waals surface area contributed by atoms with Gasteiger partial charge in [-0.3, -0.25) is 9.59 Å². The molecule has 2 N–H and O–H groups in total. The molecule has 1 atom stereocenters. The SMILES string of the molecule is CC(C)c1ccc(NC(=O)C2CCCCC(=O)N2)cc1. The third-order valence-corrected chi connectivity index (χ3v) is 3.64. The highest BCUT2D eigenvalue weighted by molar-refractivity contribution is 5.97. The van der Waals surface area contributed by atoms with Gasteiger partial charge >= 0.3 is 0 Å². The number of carbonyl (C=O) groups excluding carboxylic acids is 2. The Labute approximate surface area is 119 Å². The predicted octanol–water partition coefficient (Wildman–Crippen LogP) is 2.81. The Balaban J connectivity index is 1.98. The van der Waals surface area contributed by atoms with Crippen molar-refractivity contribution >= 4 is 17.5 Å². The van der Waals surface area contributed by atoms with Gasteiger partial charge in [-0.05, 0) is 36.5 Å². The van der Waals surface area contributed by atoms with Crippen LogP contribution in [0.5, 0.6) is 0 Å². The molecule has 20 heavy (non-hydrogen) atoms. The largest absolute Gasteiger partial charge is 0.344 e. The molecule has 0 aliphatic carbocycles. The summed E-state index contributed by atoms with van der Waals surface area (Å²) in [5.41, 5.74) is 2.02. The Bertz CT molecular complexity index is 480. The van der Waals surface area contributed by atoms with Crippen molar-refractivity contribution in [1.82, 2.24) is 5.32 Å². The first-order valence-corrected chi connectivity index (χ1v) is 7.26. The van der Waals surface area contributed by atoms with E-state index in [0.717, 1.165) is 18.5 Å². The molecular formula is C16H22N2O2. The minimum absolute atomic E-state index is 0.0298. The van der Waals surface area contributed by atoms with Crippen LogP contribution in [-0.2, 0) is 9.59 Å². The van der Waals surface area contributed by atoms with Crippen molar-refractivity contribution in [3.05, 3.63) is 29.8 Å². The summed E-state index contributed by atoms with van der Waals surface area (Å²) in [5, 5.41) is 5.65. The lowest BCUT2D eigenvalue weighted by Gasteiger charge is -2.16. The maximum absolute atomic E-state index is 12.2. The molecule has 1 aromatic rings. The average molecular weight is 274 g/mol. The summed E-state index contributed by atoms with van der Waals surface area (Å²) >= 11 is 0. The second-order valence-electron chi connectivity index (χ2n) is 5.63. The molecule has 1 unspecified atom stereocenters. The third kappa shape index (κ3) is 3.83. The summed E-state index contributed by atoms with van der Waals surface area (Å²) in [7, 11) is 0. The summed E-state index contributed by atoms with van der Waals surface area (Å²) in [6.07, 6.45) is 3.00. The van der Waals surface area contributed by atoms with Gasteiger partial charge in [0, 0.05) is 12.1 Å². The second kappa shape index (κ2) is 6.55. The molecule has 2 amide bonds. The lowest BCUT2D eigenvalue weighted by atomic mass is 10.0. The first kappa shape index (κ1) is 14.6. The number of hydrogen-bond acceptors (Lipinski definition) is 2. The van der Waals surface area contributed by atoms with Crippen molar-refractivity contribution in [2.45, 2.75) is 51.5 Å². The van der Waals surface area contributed by atoms with E-state index in [9.17, 15) is 9.59 Å². The molecule has 4 heteroatoms. The van der Waals surface area contributed by atoms with E-state index in [4.69, 9.17) is 0 Å². The van der Waals surface area contributed by atoms with E-state index in [1.54, 1.807) is 0 Å². The van der Waals surface area contributed by atoms with Gasteiger partial charge in [-0.2, -0.15) is 0 Å². The molecule has 4 nitrogen and oxygen atoms in total. The molecule has 0 bridgehead atoms. The molecule has 0 aromatic heterocycles. The number of anilines is 1. The van der Waals surface area contributed by atoms with Gasteiger partial charge in [0.1, 0.15) is 6.04 Å². The van der Waals surface area contributed by atoms with Crippen molar-refractivity contribution in [1.29, 1.82) is 0 Å². The van der Waals surface area contributed by atoms with E-state index in [0.29, 0.717) is 18.8 Å². The number of carbonyl (C=O) groups is 2. The minimum atomic E-state index is -0.408. The molecule has 0 spiro atoms. The van der Waals surface area contributed by atoms with Crippen LogP contribution in [0, 0.1) is 0 Å². The van der Waals surface area contributed by atoms with Crippen LogP contribution in [0.15, 0.2) is 24.3 Å². The summed E-state index contributed by atoms with van der Waals surface area (Å²) in [6.45, 7) is 4.27. The van der Waals surface area contributed by atoms with Crippen molar-refractivity contribution < 1.29 is 9.59 Å². The molecule has 0 radical (unpaired) electrons. The van der Waals surface area contributed by atoms with Gasteiger partial charge in [0.05, 0.1) is 0 Å². The van der Waals surface area contributed by atoms with E-state index in [2.05, 4.69) is 24.5 Å². The van der Waals surface area contributed by atoms with E-state index in [-0.39, 0.29) is 11.8 Å². The number of benzene rings is 1. The smallest absolute Gasteiger partial charge is 0.246 e. The molecule has 1 fully saturated rings. The van der Waals surface area contributed by atoms with E-state index in [1.807, 2.05) is 24.3 Å². The van der Waals surface area contributed by atoms with Crippen LogP contribution in [0.1, 0.15) is 51.0 Å². The predicted molar refractivity (Wildman–Crippen MR) is 79.6 cm³/mol. The molecule has 1 aliphatic rings. The molecule has 1 aromatic carbocycles. The fourth-order valence-corrected chi connectivity index (χ4v) is 2.35. The first-order valence-electron chi connectivity index (χ1n) is 7.26. The zero-order chi connectivity index (χ0) is 14.5. The average Bonchev–Trinajstić information content (AvgIpc) is 2.64. The maximum atomic E-state index is 12.2. The van der Waals surface area contributed by atoms with Crippen molar-refractivity contribution in [2.24, 2.45) is 0 Å². The number of hydrogen-bond donors (Lipinski definition) is 2. The molecular weight excluding hydrogens is 252 g/mol. The Morgan fingerprint density at radius 2 is 1.95 bits per heavy atom. The fraction of sp³-hybridized carbons (Fsp3) is 0.500. The van der Waals surface area contributed by atoms with Crippen molar-refractivity contribution in [3.8, 4) is 0 Å². The lowest BCUT2D eigenvalue weighted by molar-refractivity contribution is -0.125. The first-order chi connectivity index (χ1) is 9.56. The second-order valence-corrected chi connectivity index (χ2v) is 5.63. The number of nitrogens with one attached hydrogen (secondary N) is 2. The molecule has 2 rings (SSSR count). The molecule has 1 heterocycles. The highest BCUT2D eigenvalue weighted by atomic mass is 16.2. The topological polar surface area (TPSA) is 58.2 Å². The zero-order valence-corrected chi connectivity index (χ0v) is 12.1. The van der Waals surface area contributed by atoms with Gasteiger partial charge in [0.25, 0.3) is 0 Å². The van der Waals surface area contributed by atoms with Crippen LogP contribution in [0.25, 0.3) is 0 Å². The van der Waals surface area contributed by atoms with Crippen LogP contribution in [0.3, 0.4) is 0 Å². The molecule has 1 saturated heterocycles. The molecule has 108 valence electrons. The van der Waals surface area contributed by atoms with Gasteiger partial charge in [0.15, 0.2) is 0 Å². The van der Waals surface area contributed by atoms with E-state index < -0.39 is 6.04 Å². The van der Waals surface area contributed by atoms with E-state index in [1.165, 1.54) is 5.56 Å². The van der Waals surface area contributed by atoms with Crippen LogP contribution in [-0.4, -0.2) is 17.9 Å². The van der Waals surface area contributed by atoms with Crippen molar-refractivity contribution in [2.75, 3.05) is 5.32 Å². The van der Waals surface area contributed by atoms with Gasteiger partial charge in [-0.15, -0.1) is 0 Å². The highest BCUT2D eigenvalue weighted by Crippen LogP contribution is 2.18. The third-order valence-electron chi connectivity index (χ3n) is 3.64. The summed E-state index contributed by atoms with van der Waals surface area (Å²) in [6, 6.07) is 7.45. The van der Waals surface area contributed by atoms with Crippen LogP contribution < -0.4 is 10.6 Å². The van der Waals surface area contributed by atoms with Crippen molar-refractivity contribution in [3.63, 3.8) is 0 Å². The van der Waals surface area contributed by atoms with Gasteiger partial charge in [-0.25, -0.2) is 0 Å².